The van der Waals surface area contributed by atoms with Crippen LogP contribution in [-0.4, -0.2) is 74.9 Å². The molecule has 2 atom stereocenters. The molecule has 0 bridgehead atoms. The van der Waals surface area contributed by atoms with Crippen molar-refractivity contribution >= 4 is 19.8 Å². The minimum atomic E-state index is -4.39. The summed E-state index contributed by atoms with van der Waals surface area (Å²) in [5.41, 5.74) is 0. The Balaban J connectivity index is 4.10. The number of ether oxygens (including phenoxy) is 2. The van der Waals surface area contributed by atoms with Gasteiger partial charge in [-0.15, -0.1) is 0 Å². The number of carbonyl (C=O) groups is 2. The molecule has 0 saturated carbocycles. The Hall–Kier alpha value is -3.07. The van der Waals surface area contributed by atoms with Gasteiger partial charge in [0.25, 0.3) is 0 Å². The number of unbranched alkanes of at least 4 members (excludes halogenated alkanes) is 31. The number of likely N-dealkylation sites (N-methyl/N-ethyl adjacent to an activating group) is 1. The molecule has 0 aliphatic carbocycles. The van der Waals surface area contributed by atoms with Crippen molar-refractivity contribution in [1.29, 1.82) is 0 Å². The molecule has 0 rings (SSSR count). The van der Waals surface area contributed by atoms with E-state index < -0.39 is 26.5 Å². The van der Waals surface area contributed by atoms with Gasteiger partial charge in [0.1, 0.15) is 19.8 Å². The lowest BCUT2D eigenvalue weighted by Gasteiger charge is -2.24. The van der Waals surface area contributed by atoms with Gasteiger partial charge in [0.2, 0.25) is 0 Å². The minimum Gasteiger partial charge on any atom is -0.462 e. The Morgan fingerprint density at radius 3 is 1.05 bits per heavy atom. The third-order valence-electron chi connectivity index (χ3n) is 14.4. The number of nitrogens with zero attached hydrogens (tertiary/aromatic N) is 1. The first-order valence-corrected chi connectivity index (χ1v) is 35.0. The molecule has 0 fully saturated rings. The van der Waals surface area contributed by atoms with Gasteiger partial charge in [-0.2, -0.15) is 0 Å². The van der Waals surface area contributed by atoms with Crippen molar-refractivity contribution in [2.75, 3.05) is 47.5 Å². The van der Waals surface area contributed by atoms with Gasteiger partial charge in [-0.3, -0.25) is 18.6 Å². The Morgan fingerprint density at radius 1 is 0.395 bits per heavy atom. The topological polar surface area (TPSA) is 108 Å². The van der Waals surface area contributed by atoms with E-state index in [0.29, 0.717) is 17.4 Å². The number of phosphoric acid groups is 1. The molecule has 0 spiro atoms. The highest BCUT2D eigenvalue weighted by atomic mass is 31.2. The van der Waals surface area contributed by atoms with Crippen LogP contribution >= 0.6 is 7.82 Å². The molecule has 0 aliphatic heterocycles. The van der Waals surface area contributed by atoms with Gasteiger partial charge in [0.15, 0.2) is 6.10 Å². The lowest BCUT2D eigenvalue weighted by Crippen LogP contribution is -2.37. The molecule has 0 aliphatic rings. The number of allylic oxidation sites excluding steroid dienone is 16. The van der Waals surface area contributed by atoms with E-state index in [1.807, 2.05) is 21.1 Å². The molecule has 9 nitrogen and oxygen atoms in total. The highest BCUT2D eigenvalue weighted by Crippen LogP contribution is 2.43. The fraction of sp³-hybridized carbons (Fsp3) is 0.746. The Morgan fingerprint density at radius 2 is 0.704 bits per heavy atom. The van der Waals surface area contributed by atoms with E-state index in [-0.39, 0.29) is 32.0 Å². The summed E-state index contributed by atoms with van der Waals surface area (Å²) in [4.78, 5) is 35.8. The predicted octanol–water partition coefficient (Wildman–Crippen LogP) is 21.5. The van der Waals surface area contributed by atoms with E-state index in [0.717, 1.165) is 96.3 Å². The molecule has 0 saturated heterocycles. The number of rotatable bonds is 61. The van der Waals surface area contributed by atoms with Gasteiger partial charge in [-0.05, 0) is 77.0 Å². The van der Waals surface area contributed by atoms with Crippen molar-refractivity contribution in [2.45, 2.75) is 296 Å². The highest BCUT2D eigenvalue weighted by molar-refractivity contribution is 7.47. The first-order chi connectivity index (χ1) is 39.5. The molecular formula is C71H127NO8P+. The first kappa shape index (κ1) is 77.9. The average Bonchev–Trinajstić information content (AvgIpc) is 3.43. The number of carbonyl (C=O) groups excluding carboxylic acids is 2. The van der Waals surface area contributed by atoms with Crippen molar-refractivity contribution in [3.05, 3.63) is 97.2 Å². The number of hydrogen-bond acceptors (Lipinski definition) is 7. The molecular weight excluding hydrogens is 1030 g/mol. The Bertz CT molecular complexity index is 1690. The first-order valence-electron chi connectivity index (χ1n) is 33.5. The van der Waals surface area contributed by atoms with Gasteiger partial charge in [0, 0.05) is 12.8 Å². The zero-order valence-electron chi connectivity index (χ0n) is 53.2. The van der Waals surface area contributed by atoms with Crippen molar-refractivity contribution in [2.24, 2.45) is 0 Å². The highest BCUT2D eigenvalue weighted by Gasteiger charge is 2.27. The molecule has 0 radical (unpaired) electrons. The Kier molecular flexibility index (Phi) is 59.2. The number of esters is 2. The van der Waals surface area contributed by atoms with Gasteiger partial charge >= 0.3 is 19.8 Å². The predicted molar refractivity (Wildman–Crippen MR) is 348 cm³/mol. The fourth-order valence-corrected chi connectivity index (χ4v) is 10.0. The van der Waals surface area contributed by atoms with Crippen LogP contribution in [0.5, 0.6) is 0 Å². The second kappa shape index (κ2) is 61.5. The normalized spacial score (nSPS) is 13.8. The third-order valence-corrected chi connectivity index (χ3v) is 15.4. The maximum atomic E-state index is 12.9. The average molecular weight is 1150 g/mol. The van der Waals surface area contributed by atoms with Crippen molar-refractivity contribution in [3.63, 3.8) is 0 Å². The zero-order chi connectivity index (χ0) is 59.1. The smallest absolute Gasteiger partial charge is 0.462 e. The van der Waals surface area contributed by atoms with Crippen molar-refractivity contribution in [1.82, 2.24) is 0 Å². The van der Waals surface area contributed by atoms with E-state index in [9.17, 15) is 19.0 Å². The minimum absolute atomic E-state index is 0.0286. The summed E-state index contributed by atoms with van der Waals surface area (Å²) in [6.07, 6.45) is 84.9. The van der Waals surface area contributed by atoms with Gasteiger partial charge in [-0.1, -0.05) is 297 Å². The van der Waals surface area contributed by atoms with Crippen LogP contribution in [-0.2, 0) is 32.7 Å². The molecule has 81 heavy (non-hydrogen) atoms. The van der Waals surface area contributed by atoms with Crippen LogP contribution in [0.1, 0.15) is 290 Å². The Labute approximate surface area is 500 Å². The van der Waals surface area contributed by atoms with Crippen molar-refractivity contribution < 1.29 is 42.1 Å². The molecule has 2 unspecified atom stereocenters. The summed E-state index contributed by atoms with van der Waals surface area (Å²) in [7, 11) is 1.48. The van der Waals surface area contributed by atoms with Crippen LogP contribution in [0.4, 0.5) is 0 Å². The third kappa shape index (κ3) is 65.9. The molecule has 0 aromatic carbocycles. The van der Waals surface area contributed by atoms with Crippen LogP contribution in [0, 0.1) is 0 Å². The molecule has 468 valence electrons. The summed E-state index contributed by atoms with van der Waals surface area (Å²) in [6, 6.07) is 0. The summed E-state index contributed by atoms with van der Waals surface area (Å²) in [5, 5.41) is 0. The maximum Gasteiger partial charge on any atom is 0.472 e. The summed E-state index contributed by atoms with van der Waals surface area (Å²) in [5.74, 6) is -0.794. The summed E-state index contributed by atoms with van der Waals surface area (Å²) in [6.45, 7) is 4.35. The maximum absolute atomic E-state index is 12.9. The van der Waals surface area contributed by atoms with Crippen molar-refractivity contribution in [3.8, 4) is 0 Å². The van der Waals surface area contributed by atoms with Crippen LogP contribution < -0.4 is 0 Å². The van der Waals surface area contributed by atoms with E-state index in [4.69, 9.17) is 18.5 Å². The SMILES string of the molecule is CC/C=C\C/C=C\C/C=C\C/C=C\C/C=C\C/C=C\C/C=C\C/C=C\CCCCCCCCCCCCC(=O)OC(COC(=O)CCCCCCCCCCCCCCCCCCCCCCCC)COP(=O)(O)OCC[N+](C)(C)C. The van der Waals surface area contributed by atoms with E-state index in [2.05, 4.69) is 111 Å². The molecule has 0 heterocycles. The molecule has 0 amide bonds. The quantitative estimate of drug-likeness (QED) is 0.0211. The van der Waals surface area contributed by atoms with Crippen LogP contribution in [0.25, 0.3) is 0 Å². The largest absolute Gasteiger partial charge is 0.472 e. The summed E-state index contributed by atoms with van der Waals surface area (Å²) >= 11 is 0. The second-order valence-electron chi connectivity index (χ2n) is 23.5. The lowest BCUT2D eigenvalue weighted by atomic mass is 10.0. The van der Waals surface area contributed by atoms with Gasteiger partial charge in [-0.25, -0.2) is 4.57 Å². The zero-order valence-corrected chi connectivity index (χ0v) is 54.1. The van der Waals surface area contributed by atoms with E-state index in [1.54, 1.807) is 0 Å². The molecule has 10 heteroatoms. The fourth-order valence-electron chi connectivity index (χ4n) is 9.27. The van der Waals surface area contributed by atoms with Crippen LogP contribution in [0.3, 0.4) is 0 Å². The van der Waals surface area contributed by atoms with E-state index in [1.165, 1.54) is 161 Å². The van der Waals surface area contributed by atoms with Crippen LogP contribution in [0.15, 0.2) is 97.2 Å². The number of hydrogen-bond donors (Lipinski definition) is 1. The molecule has 0 aromatic rings. The monoisotopic (exact) mass is 1150 g/mol. The molecule has 0 aromatic heterocycles. The van der Waals surface area contributed by atoms with Gasteiger partial charge < -0.3 is 18.9 Å². The number of phosphoric ester groups is 1. The molecule has 1 N–H and O–H groups in total. The second-order valence-corrected chi connectivity index (χ2v) is 24.9. The van der Waals surface area contributed by atoms with Crippen LogP contribution in [0.2, 0.25) is 0 Å². The lowest BCUT2D eigenvalue weighted by molar-refractivity contribution is -0.870. The number of quaternary nitrogens is 1. The summed E-state index contributed by atoms with van der Waals surface area (Å²) < 4.78 is 34.7. The standard InChI is InChI=1S/C71H126NO8P/c1-6-8-10-12-14-16-18-20-22-24-26-28-30-31-32-33-34-35-36-37-38-39-40-41-42-44-46-48-50-52-54-56-58-60-62-64-71(74)80-69(68-79-81(75,76)78-66-65-72(3,4)5)67-77-70(73)63-61-59-57-55-53-51-49-47-45-43-29-27-25-23-21-19-17-15-13-11-9-7-2/h8,10,14,16,20,22,26,28,31-32,34-35,37-38,40-41,69H,6-7,9,11-13,15,17-19,21,23-25,27,29-30,33,36,39,42-68H2,1-5H3/p+1/b10-8-,16-14-,22-20-,28-26-,32-31-,35-34-,38-37-,41-40-. The van der Waals surface area contributed by atoms with E-state index >= 15 is 0 Å². The van der Waals surface area contributed by atoms with Gasteiger partial charge in [0.05, 0.1) is 27.7 Å².